The van der Waals surface area contributed by atoms with E-state index in [1.165, 1.54) is 0 Å². The van der Waals surface area contributed by atoms with E-state index in [0.717, 1.165) is 25.7 Å². The lowest BCUT2D eigenvalue weighted by atomic mass is 10.1. The van der Waals surface area contributed by atoms with Crippen molar-refractivity contribution in [2.75, 3.05) is 5.43 Å². The van der Waals surface area contributed by atoms with Gasteiger partial charge in [-0.15, -0.1) is 0 Å². The summed E-state index contributed by atoms with van der Waals surface area (Å²) in [6.07, 6.45) is 4.15. The smallest absolute Gasteiger partial charge is 0.241 e. The number of hydrogen-bond donors (Lipinski definition) is 3. The van der Waals surface area contributed by atoms with E-state index < -0.39 is 10.0 Å². The van der Waals surface area contributed by atoms with E-state index in [-0.39, 0.29) is 6.04 Å². The average molecular weight is 313 g/mol. The van der Waals surface area contributed by atoms with Gasteiger partial charge >= 0.3 is 0 Å². The van der Waals surface area contributed by atoms with Crippen LogP contribution in [0.25, 0.3) is 0 Å². The molecule has 0 bridgehead atoms. The minimum atomic E-state index is -3.50. The van der Waals surface area contributed by atoms with Crippen LogP contribution in [0.15, 0.2) is 17.0 Å². The summed E-state index contributed by atoms with van der Waals surface area (Å²) in [7, 11) is -3.50. The quantitative estimate of drug-likeness (QED) is 0.391. The Labute approximate surface area is 128 Å². The number of anilines is 1. The number of unbranched alkanes of at least 4 members (excludes halogenated alkanes) is 2. The second-order valence-electron chi connectivity index (χ2n) is 5.60. The van der Waals surface area contributed by atoms with Gasteiger partial charge in [-0.2, -0.15) is 0 Å². The van der Waals surface area contributed by atoms with Crippen LogP contribution < -0.4 is 16.0 Å². The summed E-state index contributed by atoms with van der Waals surface area (Å²) in [5, 5.41) is 0. The van der Waals surface area contributed by atoms with E-state index in [9.17, 15) is 8.42 Å². The molecule has 0 saturated heterocycles. The molecular formula is C15H27N3O2S. The van der Waals surface area contributed by atoms with E-state index in [1.807, 2.05) is 6.92 Å². The number of nitrogens with one attached hydrogen (secondary N) is 2. The van der Waals surface area contributed by atoms with Gasteiger partial charge in [0, 0.05) is 11.7 Å². The fourth-order valence-electron chi connectivity index (χ4n) is 2.54. The zero-order valence-electron chi connectivity index (χ0n) is 13.4. The summed E-state index contributed by atoms with van der Waals surface area (Å²) in [5.74, 6) is 5.38. The summed E-state index contributed by atoms with van der Waals surface area (Å²) in [4.78, 5) is 0.351. The van der Waals surface area contributed by atoms with Crippen LogP contribution in [0.4, 0.5) is 5.69 Å². The van der Waals surface area contributed by atoms with Gasteiger partial charge in [0.1, 0.15) is 0 Å². The van der Waals surface area contributed by atoms with Crippen molar-refractivity contribution in [1.82, 2.24) is 4.72 Å². The highest BCUT2D eigenvalue weighted by Crippen LogP contribution is 2.24. The Morgan fingerprint density at radius 3 is 2.24 bits per heavy atom. The van der Waals surface area contributed by atoms with Crippen LogP contribution in [-0.4, -0.2) is 14.5 Å². The number of nitrogen functional groups attached to an aromatic ring is 1. The first kappa shape index (κ1) is 17.9. The molecule has 1 aromatic rings. The highest BCUT2D eigenvalue weighted by Gasteiger charge is 2.22. The molecule has 0 spiro atoms. The van der Waals surface area contributed by atoms with E-state index >= 15 is 0 Å². The normalized spacial score (nSPS) is 13.2. The highest BCUT2D eigenvalue weighted by atomic mass is 32.2. The van der Waals surface area contributed by atoms with Gasteiger partial charge in [0.2, 0.25) is 10.0 Å². The molecule has 1 atom stereocenters. The molecule has 0 radical (unpaired) electrons. The zero-order chi connectivity index (χ0) is 16.0. The van der Waals surface area contributed by atoms with Crippen molar-refractivity contribution in [3.63, 3.8) is 0 Å². The molecule has 0 aliphatic rings. The largest absolute Gasteiger partial charge is 0.324 e. The third kappa shape index (κ3) is 4.98. The molecule has 0 aliphatic carbocycles. The maximum Gasteiger partial charge on any atom is 0.241 e. The van der Waals surface area contributed by atoms with Gasteiger partial charge < -0.3 is 5.43 Å². The van der Waals surface area contributed by atoms with Crippen LogP contribution in [0.1, 0.15) is 50.7 Å². The minimum Gasteiger partial charge on any atom is -0.324 e. The molecule has 1 rings (SSSR count). The summed E-state index contributed by atoms with van der Waals surface area (Å²) in [6.45, 7) is 7.61. The number of sulfonamides is 1. The predicted molar refractivity (Wildman–Crippen MR) is 87.7 cm³/mol. The van der Waals surface area contributed by atoms with Gasteiger partial charge in [-0.1, -0.05) is 26.2 Å². The Bertz CT molecular complexity index is 547. The third-order valence-electron chi connectivity index (χ3n) is 3.49. The molecule has 0 heterocycles. The van der Waals surface area contributed by atoms with Crippen molar-refractivity contribution in [1.29, 1.82) is 0 Å². The van der Waals surface area contributed by atoms with Crippen molar-refractivity contribution in [2.24, 2.45) is 5.84 Å². The maximum absolute atomic E-state index is 12.6. The van der Waals surface area contributed by atoms with Crippen molar-refractivity contribution in [3.8, 4) is 0 Å². The van der Waals surface area contributed by atoms with Crippen LogP contribution in [0.2, 0.25) is 0 Å². The van der Waals surface area contributed by atoms with E-state index in [1.54, 1.807) is 26.0 Å². The SMILES string of the molecule is CCCCCC(C)NS(=O)(=O)c1c(C)cc(NN)cc1C. The van der Waals surface area contributed by atoms with E-state index in [4.69, 9.17) is 5.84 Å². The highest BCUT2D eigenvalue weighted by molar-refractivity contribution is 7.89. The van der Waals surface area contributed by atoms with Gasteiger partial charge in [0.25, 0.3) is 0 Å². The Kier molecular flexibility index (Phi) is 6.64. The summed E-state index contributed by atoms with van der Waals surface area (Å²) < 4.78 is 27.9. The Morgan fingerprint density at radius 2 is 1.76 bits per heavy atom. The molecule has 0 saturated carbocycles. The molecule has 5 nitrogen and oxygen atoms in total. The first-order valence-electron chi connectivity index (χ1n) is 7.42. The predicted octanol–water partition coefficient (Wildman–Crippen LogP) is 2.84. The lowest BCUT2D eigenvalue weighted by molar-refractivity contribution is 0.526. The molecule has 21 heavy (non-hydrogen) atoms. The second kappa shape index (κ2) is 7.77. The second-order valence-corrected chi connectivity index (χ2v) is 7.25. The number of rotatable bonds is 8. The first-order chi connectivity index (χ1) is 9.81. The standard InChI is InChI=1S/C15H27N3O2S/c1-5-6-7-8-13(4)18-21(19,20)15-11(2)9-14(17-16)10-12(15)3/h9-10,13,17-18H,5-8,16H2,1-4H3. The summed E-state index contributed by atoms with van der Waals surface area (Å²) in [6, 6.07) is 3.42. The monoisotopic (exact) mass is 313 g/mol. The Morgan fingerprint density at radius 1 is 1.19 bits per heavy atom. The van der Waals surface area contributed by atoms with Crippen LogP contribution >= 0.6 is 0 Å². The van der Waals surface area contributed by atoms with E-state index in [0.29, 0.717) is 21.7 Å². The number of nitrogens with two attached hydrogens (primary N) is 1. The molecule has 0 amide bonds. The number of hydrazine groups is 1. The molecule has 0 fully saturated rings. The van der Waals surface area contributed by atoms with Gasteiger partial charge in [-0.3, -0.25) is 5.84 Å². The molecule has 0 aromatic heterocycles. The van der Waals surface area contributed by atoms with Crippen LogP contribution in [0, 0.1) is 13.8 Å². The number of benzene rings is 1. The Hall–Kier alpha value is -1.11. The molecule has 120 valence electrons. The van der Waals surface area contributed by atoms with Crippen molar-refractivity contribution in [2.45, 2.75) is 64.3 Å². The van der Waals surface area contributed by atoms with Gasteiger partial charge in [0.15, 0.2) is 0 Å². The number of hydrogen-bond acceptors (Lipinski definition) is 4. The fraction of sp³-hybridized carbons (Fsp3) is 0.600. The lowest BCUT2D eigenvalue weighted by Crippen LogP contribution is -2.33. The van der Waals surface area contributed by atoms with Gasteiger partial charge in [-0.25, -0.2) is 13.1 Å². The molecular weight excluding hydrogens is 286 g/mol. The molecule has 6 heteroatoms. The first-order valence-corrected chi connectivity index (χ1v) is 8.90. The van der Waals surface area contributed by atoms with Crippen molar-refractivity contribution >= 4 is 15.7 Å². The molecule has 1 aromatic carbocycles. The van der Waals surface area contributed by atoms with Crippen LogP contribution in [-0.2, 0) is 10.0 Å². The van der Waals surface area contributed by atoms with Crippen LogP contribution in [0.5, 0.6) is 0 Å². The van der Waals surface area contributed by atoms with Crippen LogP contribution in [0.3, 0.4) is 0 Å². The summed E-state index contributed by atoms with van der Waals surface area (Å²) >= 11 is 0. The topological polar surface area (TPSA) is 84.2 Å². The summed E-state index contributed by atoms with van der Waals surface area (Å²) in [5.41, 5.74) is 4.64. The van der Waals surface area contributed by atoms with Gasteiger partial charge in [0.05, 0.1) is 4.90 Å². The average Bonchev–Trinajstić information content (AvgIpc) is 2.36. The lowest BCUT2D eigenvalue weighted by Gasteiger charge is -2.17. The molecule has 0 aliphatic heterocycles. The molecule has 1 unspecified atom stereocenters. The maximum atomic E-state index is 12.6. The Balaban J connectivity index is 2.93. The van der Waals surface area contributed by atoms with Crippen molar-refractivity contribution < 1.29 is 8.42 Å². The third-order valence-corrected chi connectivity index (χ3v) is 5.39. The number of aryl methyl sites for hydroxylation is 2. The van der Waals surface area contributed by atoms with Crippen molar-refractivity contribution in [3.05, 3.63) is 23.3 Å². The minimum absolute atomic E-state index is 0.0624. The van der Waals surface area contributed by atoms with E-state index in [2.05, 4.69) is 17.1 Å². The van der Waals surface area contributed by atoms with Gasteiger partial charge in [-0.05, 0) is 50.5 Å². The molecule has 4 N–H and O–H groups in total. The fourth-order valence-corrected chi connectivity index (χ4v) is 4.27. The zero-order valence-corrected chi connectivity index (χ0v) is 14.2.